The highest BCUT2D eigenvalue weighted by Gasteiger charge is 2.13. The van der Waals surface area contributed by atoms with Crippen molar-refractivity contribution in [1.29, 1.82) is 5.26 Å². The molecule has 11 nitrogen and oxygen atoms in total. The zero-order chi connectivity index (χ0) is 28.3. The Bertz CT molecular complexity index is 1510. The van der Waals surface area contributed by atoms with Crippen LogP contribution in [0.4, 0.5) is 11.5 Å². The number of aromatic nitrogens is 3. The van der Waals surface area contributed by atoms with Gasteiger partial charge >= 0.3 is 0 Å². The number of nitrogens with one attached hydrogen (secondary N) is 2. The number of hydrogen-bond acceptors (Lipinski definition) is 9. The summed E-state index contributed by atoms with van der Waals surface area (Å²) in [5.74, 6) is 2.74. The number of fused-ring (bicyclic) bond motifs is 1. The molecule has 2 aromatic carbocycles. The third-order valence-corrected chi connectivity index (χ3v) is 5.95. The number of benzene rings is 2. The van der Waals surface area contributed by atoms with Gasteiger partial charge in [0.05, 0.1) is 29.9 Å². The van der Waals surface area contributed by atoms with Crippen LogP contribution in [0.1, 0.15) is 12.1 Å². The fourth-order valence-corrected chi connectivity index (χ4v) is 3.94. The zero-order valence-electron chi connectivity index (χ0n) is 22.4. The molecule has 4 rings (SSSR count). The summed E-state index contributed by atoms with van der Waals surface area (Å²) >= 11 is 6.50. The van der Waals surface area contributed by atoms with E-state index in [-0.39, 0.29) is 0 Å². The minimum absolute atomic E-state index is 0.314. The Balaban J connectivity index is 1.45. The molecule has 0 aliphatic heterocycles. The maximum atomic E-state index is 8.81. The van der Waals surface area contributed by atoms with Crippen molar-refractivity contribution in [3.05, 3.63) is 71.8 Å². The highest BCUT2D eigenvalue weighted by atomic mass is 35.5. The number of anilines is 2. The summed E-state index contributed by atoms with van der Waals surface area (Å²) in [7, 11) is 5.21. The van der Waals surface area contributed by atoms with Crippen LogP contribution in [0, 0.1) is 11.5 Å². The molecular formula is C28H29ClN8O3. The van der Waals surface area contributed by atoms with Gasteiger partial charge in [-0.3, -0.25) is 4.98 Å². The lowest BCUT2D eigenvalue weighted by Crippen LogP contribution is -2.37. The van der Waals surface area contributed by atoms with Gasteiger partial charge in [-0.2, -0.15) is 5.26 Å². The second kappa shape index (κ2) is 13.8. The Morgan fingerprint density at radius 2 is 1.93 bits per heavy atom. The van der Waals surface area contributed by atoms with Crippen LogP contribution in [0.3, 0.4) is 0 Å². The first-order chi connectivity index (χ1) is 19.5. The summed E-state index contributed by atoms with van der Waals surface area (Å²) in [5.41, 5.74) is 2.23. The number of rotatable bonds is 11. The number of halogens is 1. The van der Waals surface area contributed by atoms with Gasteiger partial charge in [0.15, 0.2) is 11.5 Å². The van der Waals surface area contributed by atoms with E-state index in [0.717, 1.165) is 16.8 Å². The van der Waals surface area contributed by atoms with Crippen LogP contribution >= 0.6 is 11.6 Å². The molecule has 0 saturated carbocycles. The van der Waals surface area contributed by atoms with Crippen molar-refractivity contribution in [1.82, 2.24) is 25.2 Å². The van der Waals surface area contributed by atoms with Gasteiger partial charge in [0, 0.05) is 44.0 Å². The Labute approximate surface area is 237 Å². The van der Waals surface area contributed by atoms with E-state index < -0.39 is 0 Å². The zero-order valence-corrected chi connectivity index (χ0v) is 23.1. The first-order valence-corrected chi connectivity index (χ1v) is 12.8. The third kappa shape index (κ3) is 7.39. The average Bonchev–Trinajstić information content (AvgIpc) is 2.96. The number of ether oxygens (including phenoxy) is 3. The minimum Gasteiger partial charge on any atom is -0.493 e. The minimum atomic E-state index is 0.314. The van der Waals surface area contributed by atoms with Crippen LogP contribution in [0.25, 0.3) is 10.9 Å². The predicted octanol–water partition coefficient (Wildman–Crippen LogP) is 4.77. The van der Waals surface area contributed by atoms with Gasteiger partial charge in [-0.15, -0.1) is 4.99 Å². The van der Waals surface area contributed by atoms with Gasteiger partial charge in [-0.05, 0) is 42.8 Å². The summed E-state index contributed by atoms with van der Waals surface area (Å²) in [4.78, 5) is 18.6. The Morgan fingerprint density at radius 3 is 2.65 bits per heavy atom. The predicted molar refractivity (Wildman–Crippen MR) is 154 cm³/mol. The topological polar surface area (TPSA) is 130 Å². The fraction of sp³-hybridized carbons (Fsp3) is 0.250. The number of nitrogens with zero attached hydrogens (tertiary/aromatic N) is 6. The molecule has 2 heterocycles. The van der Waals surface area contributed by atoms with Crippen LogP contribution < -0.4 is 24.8 Å². The molecule has 0 atom stereocenters. The van der Waals surface area contributed by atoms with Crippen molar-refractivity contribution >= 4 is 40.0 Å². The Kier molecular flexibility index (Phi) is 9.74. The van der Waals surface area contributed by atoms with Crippen LogP contribution in [0.15, 0.2) is 66.0 Å². The van der Waals surface area contributed by atoms with Crippen LogP contribution in [-0.4, -0.2) is 60.2 Å². The van der Waals surface area contributed by atoms with Gasteiger partial charge in [-0.25, -0.2) is 9.97 Å². The number of nitriles is 1. The average molecular weight is 561 g/mol. The molecule has 12 heteroatoms. The monoisotopic (exact) mass is 560 g/mol. The molecule has 0 spiro atoms. The van der Waals surface area contributed by atoms with Crippen LogP contribution in [0.2, 0.25) is 5.02 Å². The molecule has 0 fully saturated rings. The SMILES string of the molecule is COc1cc2ncnc(Nc3ccc(OCc4ccccn4)c(Cl)c3)c2cc1OCCCN/C(=N\C#N)N(C)C. The van der Waals surface area contributed by atoms with Crippen molar-refractivity contribution in [2.75, 3.05) is 39.7 Å². The van der Waals surface area contributed by atoms with Crippen molar-refractivity contribution in [3.8, 4) is 23.4 Å². The lowest BCUT2D eigenvalue weighted by Gasteiger charge is -2.16. The van der Waals surface area contributed by atoms with Gasteiger partial charge < -0.3 is 29.7 Å². The first-order valence-electron chi connectivity index (χ1n) is 12.4. The van der Waals surface area contributed by atoms with Gasteiger partial charge in [0.25, 0.3) is 0 Å². The summed E-state index contributed by atoms with van der Waals surface area (Å²) in [5, 5.41) is 16.4. The number of guanidine groups is 1. The van der Waals surface area contributed by atoms with E-state index in [4.69, 9.17) is 31.1 Å². The molecule has 206 valence electrons. The number of methoxy groups -OCH3 is 1. The second-order valence-electron chi connectivity index (χ2n) is 8.68. The maximum Gasteiger partial charge on any atom is 0.209 e. The van der Waals surface area contributed by atoms with Crippen molar-refractivity contribution in [2.24, 2.45) is 4.99 Å². The molecule has 40 heavy (non-hydrogen) atoms. The smallest absolute Gasteiger partial charge is 0.209 e. The lowest BCUT2D eigenvalue weighted by molar-refractivity contribution is 0.290. The number of pyridine rings is 1. The normalized spacial score (nSPS) is 11.0. The van der Waals surface area contributed by atoms with E-state index in [9.17, 15) is 0 Å². The van der Waals surface area contributed by atoms with E-state index in [1.54, 1.807) is 42.6 Å². The Hall–Kier alpha value is -4.82. The first kappa shape index (κ1) is 28.2. The summed E-state index contributed by atoms with van der Waals surface area (Å²) in [6, 6.07) is 14.7. The van der Waals surface area contributed by atoms with Crippen LogP contribution in [0.5, 0.6) is 17.2 Å². The summed E-state index contributed by atoms with van der Waals surface area (Å²) in [6.07, 6.45) is 5.66. The fourth-order valence-electron chi connectivity index (χ4n) is 3.70. The molecule has 0 amide bonds. The van der Waals surface area contributed by atoms with E-state index in [1.807, 2.05) is 44.4 Å². The second-order valence-corrected chi connectivity index (χ2v) is 9.09. The highest BCUT2D eigenvalue weighted by molar-refractivity contribution is 6.32. The molecule has 4 aromatic rings. The number of hydrogen-bond donors (Lipinski definition) is 2. The molecule has 0 radical (unpaired) electrons. The molecule has 2 N–H and O–H groups in total. The number of aliphatic imine (C=N–C) groups is 1. The summed E-state index contributed by atoms with van der Waals surface area (Å²) < 4.78 is 17.4. The largest absolute Gasteiger partial charge is 0.493 e. The summed E-state index contributed by atoms with van der Waals surface area (Å²) in [6.45, 7) is 1.30. The molecule has 0 aliphatic rings. The van der Waals surface area contributed by atoms with Crippen molar-refractivity contribution in [2.45, 2.75) is 13.0 Å². The van der Waals surface area contributed by atoms with Crippen LogP contribution in [-0.2, 0) is 6.61 Å². The third-order valence-electron chi connectivity index (χ3n) is 5.66. The lowest BCUT2D eigenvalue weighted by atomic mass is 10.2. The van der Waals surface area contributed by atoms with Crippen molar-refractivity contribution in [3.63, 3.8) is 0 Å². The molecular weight excluding hydrogens is 532 g/mol. The quantitative estimate of drug-likeness (QED) is 0.114. The highest BCUT2D eigenvalue weighted by Crippen LogP contribution is 2.36. The standard InChI is InChI=1S/C28H29ClN8O3/c1-37(2)28(33-17-30)32-11-6-12-39-26-14-21-23(15-25(26)38-3)34-18-35-27(21)36-19-8-9-24(22(29)13-19)40-16-20-7-4-5-10-31-20/h4-5,7-10,13-15,18H,6,11-12,16H2,1-3H3,(H,32,33)(H,34,35,36). The maximum absolute atomic E-state index is 8.81. The van der Waals surface area contributed by atoms with Gasteiger partial charge in [0.2, 0.25) is 12.2 Å². The molecule has 2 aromatic heterocycles. The van der Waals surface area contributed by atoms with Crippen molar-refractivity contribution < 1.29 is 14.2 Å². The molecule has 0 aliphatic carbocycles. The van der Waals surface area contributed by atoms with E-state index in [1.165, 1.54) is 6.33 Å². The van der Waals surface area contributed by atoms with E-state index in [0.29, 0.717) is 65.7 Å². The molecule has 0 saturated heterocycles. The molecule has 0 bridgehead atoms. The van der Waals surface area contributed by atoms with Gasteiger partial charge in [-0.1, -0.05) is 17.7 Å². The van der Waals surface area contributed by atoms with E-state index in [2.05, 4.69) is 30.6 Å². The van der Waals surface area contributed by atoms with Gasteiger partial charge in [0.1, 0.15) is 24.5 Å². The Morgan fingerprint density at radius 1 is 1.05 bits per heavy atom. The van der Waals surface area contributed by atoms with E-state index >= 15 is 0 Å². The molecule has 0 unspecified atom stereocenters.